The lowest BCUT2D eigenvalue weighted by Crippen LogP contribution is -2.17. The molecule has 0 radical (unpaired) electrons. The number of benzene rings is 2. The molecule has 2 aromatic carbocycles. The highest BCUT2D eigenvalue weighted by atomic mass is 19.1. The van der Waals surface area contributed by atoms with Gasteiger partial charge >= 0.3 is 0 Å². The van der Waals surface area contributed by atoms with Crippen molar-refractivity contribution >= 4 is 12.1 Å². The van der Waals surface area contributed by atoms with Gasteiger partial charge in [-0.1, -0.05) is 0 Å². The minimum Gasteiger partial charge on any atom is -0.494 e. The van der Waals surface area contributed by atoms with Crippen LogP contribution >= 0.6 is 0 Å². The number of hydrogen-bond acceptors (Lipinski definition) is 4. The van der Waals surface area contributed by atoms with Gasteiger partial charge in [0.15, 0.2) is 0 Å². The third-order valence-corrected chi connectivity index (χ3v) is 4.21. The van der Waals surface area contributed by atoms with Crippen LogP contribution < -0.4 is 10.2 Å². The third-order valence-electron chi connectivity index (χ3n) is 4.21. The molecule has 28 heavy (non-hydrogen) atoms. The summed E-state index contributed by atoms with van der Waals surface area (Å²) in [5.41, 5.74) is 6.12. The van der Waals surface area contributed by atoms with Crippen LogP contribution in [0.4, 0.5) is 4.39 Å². The minimum absolute atomic E-state index is 0.302. The van der Waals surface area contributed by atoms with Crippen molar-refractivity contribution in [3.05, 3.63) is 76.9 Å². The van der Waals surface area contributed by atoms with Gasteiger partial charge in [0.25, 0.3) is 5.91 Å². The van der Waals surface area contributed by atoms with Gasteiger partial charge in [0.1, 0.15) is 11.6 Å². The van der Waals surface area contributed by atoms with Crippen LogP contribution in [0.15, 0.2) is 53.6 Å². The molecule has 0 atom stereocenters. The average Bonchev–Trinajstić information content (AvgIpc) is 2.97. The Morgan fingerprint density at radius 1 is 1.18 bits per heavy atom. The number of ether oxygens (including phenoxy) is 1. The van der Waals surface area contributed by atoms with Crippen LogP contribution in [-0.2, 0) is 0 Å². The molecule has 7 heteroatoms. The fourth-order valence-electron chi connectivity index (χ4n) is 2.76. The van der Waals surface area contributed by atoms with E-state index in [1.165, 1.54) is 12.1 Å². The normalized spacial score (nSPS) is 11.0. The van der Waals surface area contributed by atoms with Gasteiger partial charge in [-0.3, -0.25) is 4.79 Å². The molecule has 3 aromatic rings. The van der Waals surface area contributed by atoms with Crippen LogP contribution in [0.1, 0.15) is 34.2 Å². The lowest BCUT2D eigenvalue weighted by molar-refractivity contribution is 0.0955. The van der Waals surface area contributed by atoms with Crippen molar-refractivity contribution < 1.29 is 13.9 Å². The third kappa shape index (κ3) is 4.25. The monoisotopic (exact) mass is 380 g/mol. The van der Waals surface area contributed by atoms with E-state index in [1.807, 2.05) is 20.8 Å². The summed E-state index contributed by atoms with van der Waals surface area (Å²) in [5.74, 6) is 0.0895. The van der Waals surface area contributed by atoms with Crippen molar-refractivity contribution in [2.45, 2.75) is 20.8 Å². The van der Waals surface area contributed by atoms with Gasteiger partial charge in [0.05, 0.1) is 29.9 Å². The SMILES string of the molecule is CCOc1ccc(C(=O)N/N=C\c2c(C)nn(-c3ccc(F)cc3)c2C)cc1. The second kappa shape index (κ2) is 8.47. The summed E-state index contributed by atoms with van der Waals surface area (Å²) in [6, 6.07) is 12.9. The first-order valence-electron chi connectivity index (χ1n) is 8.88. The number of rotatable bonds is 6. The van der Waals surface area contributed by atoms with Gasteiger partial charge in [0, 0.05) is 11.1 Å². The molecule has 0 bridgehead atoms. The first kappa shape index (κ1) is 19.3. The summed E-state index contributed by atoms with van der Waals surface area (Å²) in [7, 11) is 0. The van der Waals surface area contributed by atoms with Crippen LogP contribution in [-0.4, -0.2) is 28.5 Å². The summed E-state index contributed by atoms with van der Waals surface area (Å²) in [4.78, 5) is 12.2. The molecule has 0 spiro atoms. The van der Waals surface area contributed by atoms with E-state index in [2.05, 4.69) is 15.6 Å². The first-order chi connectivity index (χ1) is 13.5. The second-order valence-electron chi connectivity index (χ2n) is 6.13. The van der Waals surface area contributed by atoms with Gasteiger partial charge in [-0.25, -0.2) is 14.5 Å². The summed E-state index contributed by atoms with van der Waals surface area (Å²) < 4.78 is 20.2. The molecule has 6 nitrogen and oxygen atoms in total. The Morgan fingerprint density at radius 2 is 1.86 bits per heavy atom. The summed E-state index contributed by atoms with van der Waals surface area (Å²) in [6.45, 7) is 6.21. The van der Waals surface area contributed by atoms with Crippen molar-refractivity contribution in [3.8, 4) is 11.4 Å². The van der Waals surface area contributed by atoms with Crippen molar-refractivity contribution in [3.63, 3.8) is 0 Å². The largest absolute Gasteiger partial charge is 0.494 e. The number of aromatic nitrogens is 2. The van der Waals surface area contributed by atoms with Crippen molar-refractivity contribution in [1.82, 2.24) is 15.2 Å². The maximum atomic E-state index is 13.1. The van der Waals surface area contributed by atoms with E-state index >= 15 is 0 Å². The molecule has 0 saturated heterocycles. The molecular formula is C21H21FN4O2. The van der Waals surface area contributed by atoms with E-state index in [1.54, 1.807) is 47.3 Å². The molecule has 3 rings (SSSR count). The standard InChI is InChI=1S/C21H21FN4O2/c1-4-28-19-11-5-16(6-12-19)21(27)24-23-13-20-14(2)25-26(15(20)3)18-9-7-17(22)8-10-18/h5-13H,4H2,1-3H3,(H,24,27)/b23-13-. The Balaban J connectivity index is 1.72. The van der Waals surface area contributed by atoms with Gasteiger partial charge in [0.2, 0.25) is 0 Å². The number of nitrogens with one attached hydrogen (secondary N) is 1. The highest BCUT2D eigenvalue weighted by molar-refractivity contribution is 5.95. The molecule has 1 amide bonds. The Labute approximate surface area is 162 Å². The molecule has 144 valence electrons. The van der Waals surface area contributed by atoms with Crippen molar-refractivity contribution in [2.75, 3.05) is 6.61 Å². The van der Waals surface area contributed by atoms with Gasteiger partial charge < -0.3 is 4.74 Å². The molecule has 0 fully saturated rings. The Bertz CT molecular complexity index is 992. The van der Waals surface area contributed by atoms with E-state index in [4.69, 9.17) is 4.74 Å². The van der Waals surface area contributed by atoms with Gasteiger partial charge in [-0.15, -0.1) is 0 Å². The molecule has 1 heterocycles. The zero-order valence-corrected chi connectivity index (χ0v) is 15.9. The quantitative estimate of drug-likeness (QED) is 0.523. The average molecular weight is 380 g/mol. The number of aryl methyl sites for hydroxylation is 1. The molecule has 1 aromatic heterocycles. The zero-order chi connectivity index (χ0) is 20.1. The van der Waals surface area contributed by atoms with Crippen molar-refractivity contribution in [1.29, 1.82) is 0 Å². The van der Waals surface area contributed by atoms with Gasteiger partial charge in [-0.2, -0.15) is 10.2 Å². The molecule has 0 aliphatic heterocycles. The van der Waals surface area contributed by atoms with Crippen LogP contribution in [0.25, 0.3) is 5.69 Å². The van der Waals surface area contributed by atoms with Crippen LogP contribution in [0, 0.1) is 19.7 Å². The number of carbonyl (C=O) groups is 1. The maximum absolute atomic E-state index is 13.1. The minimum atomic E-state index is -0.319. The fraction of sp³-hybridized carbons (Fsp3) is 0.190. The Morgan fingerprint density at radius 3 is 2.50 bits per heavy atom. The number of nitrogens with zero attached hydrogens (tertiary/aromatic N) is 3. The molecule has 0 saturated carbocycles. The second-order valence-corrected chi connectivity index (χ2v) is 6.13. The smallest absolute Gasteiger partial charge is 0.271 e. The van der Waals surface area contributed by atoms with E-state index in [0.717, 1.165) is 22.6 Å². The predicted octanol–water partition coefficient (Wildman–Crippen LogP) is 3.79. The number of halogens is 1. The van der Waals surface area contributed by atoms with Crippen molar-refractivity contribution in [2.24, 2.45) is 5.10 Å². The first-order valence-corrected chi connectivity index (χ1v) is 8.88. The van der Waals surface area contributed by atoms with E-state index in [9.17, 15) is 9.18 Å². The Kier molecular flexibility index (Phi) is 5.84. The number of hydrogen-bond donors (Lipinski definition) is 1. The molecule has 0 unspecified atom stereocenters. The highest BCUT2D eigenvalue weighted by Gasteiger charge is 2.12. The molecule has 0 aliphatic rings. The van der Waals surface area contributed by atoms with E-state index < -0.39 is 0 Å². The summed E-state index contributed by atoms with van der Waals surface area (Å²) in [5, 5.41) is 8.52. The van der Waals surface area contributed by atoms with Gasteiger partial charge in [-0.05, 0) is 69.3 Å². The van der Waals surface area contributed by atoms with Crippen LogP contribution in [0.2, 0.25) is 0 Å². The van der Waals surface area contributed by atoms with Crippen LogP contribution in [0.3, 0.4) is 0 Å². The lowest BCUT2D eigenvalue weighted by atomic mass is 10.2. The number of hydrazone groups is 1. The van der Waals surface area contributed by atoms with E-state index in [-0.39, 0.29) is 11.7 Å². The predicted molar refractivity (Wildman–Crippen MR) is 106 cm³/mol. The topological polar surface area (TPSA) is 68.5 Å². The fourth-order valence-corrected chi connectivity index (χ4v) is 2.76. The molecule has 1 N–H and O–H groups in total. The summed E-state index contributed by atoms with van der Waals surface area (Å²) in [6.07, 6.45) is 1.56. The number of carbonyl (C=O) groups excluding carboxylic acids is 1. The zero-order valence-electron chi connectivity index (χ0n) is 15.9. The maximum Gasteiger partial charge on any atom is 0.271 e. The van der Waals surface area contributed by atoms with E-state index in [0.29, 0.717) is 17.9 Å². The number of amides is 1. The molecular weight excluding hydrogens is 359 g/mol. The highest BCUT2D eigenvalue weighted by Crippen LogP contribution is 2.17. The molecule has 0 aliphatic carbocycles. The lowest BCUT2D eigenvalue weighted by Gasteiger charge is -2.04. The van der Waals surface area contributed by atoms with Crippen LogP contribution in [0.5, 0.6) is 5.75 Å². The summed E-state index contributed by atoms with van der Waals surface area (Å²) >= 11 is 0. The Hall–Kier alpha value is -3.48.